The predicted molar refractivity (Wildman–Crippen MR) is 80.4 cm³/mol. The van der Waals surface area contributed by atoms with E-state index in [1.54, 1.807) is 0 Å². The number of hydrogen-bond acceptors (Lipinski definition) is 3. The van der Waals surface area contributed by atoms with Gasteiger partial charge in [0.05, 0.1) is 12.7 Å². The highest BCUT2D eigenvalue weighted by atomic mass is 16.5. The third-order valence-electron chi connectivity index (χ3n) is 5.01. The monoisotopic (exact) mass is 268 g/mol. The van der Waals surface area contributed by atoms with E-state index in [9.17, 15) is 0 Å². The summed E-state index contributed by atoms with van der Waals surface area (Å²) >= 11 is 0. The molecule has 1 aliphatic carbocycles. The van der Waals surface area contributed by atoms with Crippen LogP contribution in [-0.4, -0.2) is 50.3 Å². The molecule has 4 atom stereocenters. The van der Waals surface area contributed by atoms with Gasteiger partial charge in [0.15, 0.2) is 0 Å². The Labute approximate surface area is 119 Å². The molecule has 0 aromatic rings. The molecule has 4 unspecified atom stereocenters. The van der Waals surface area contributed by atoms with E-state index in [4.69, 9.17) is 4.74 Å². The van der Waals surface area contributed by atoms with E-state index < -0.39 is 0 Å². The van der Waals surface area contributed by atoms with Crippen LogP contribution in [0.15, 0.2) is 0 Å². The molecule has 3 heteroatoms. The zero-order chi connectivity index (χ0) is 13.9. The molecular weight excluding hydrogens is 236 g/mol. The molecule has 0 aromatic carbocycles. The van der Waals surface area contributed by atoms with Crippen LogP contribution in [0.1, 0.15) is 46.5 Å². The lowest BCUT2D eigenvalue weighted by molar-refractivity contribution is -0.0687. The van der Waals surface area contributed by atoms with Gasteiger partial charge in [0.2, 0.25) is 0 Å². The van der Waals surface area contributed by atoms with E-state index in [0.717, 1.165) is 25.6 Å². The van der Waals surface area contributed by atoms with Crippen LogP contribution in [0.2, 0.25) is 0 Å². The maximum Gasteiger partial charge on any atom is 0.0674 e. The summed E-state index contributed by atoms with van der Waals surface area (Å²) in [6.07, 6.45) is 5.98. The van der Waals surface area contributed by atoms with Crippen molar-refractivity contribution in [2.75, 3.05) is 33.3 Å². The van der Waals surface area contributed by atoms with Crippen LogP contribution >= 0.6 is 0 Å². The molecule has 1 saturated carbocycles. The molecule has 0 aromatic heterocycles. The Morgan fingerprint density at radius 2 is 2.11 bits per heavy atom. The number of ether oxygens (including phenoxy) is 1. The van der Waals surface area contributed by atoms with Gasteiger partial charge in [-0.2, -0.15) is 0 Å². The lowest BCUT2D eigenvalue weighted by atomic mass is 9.69. The lowest BCUT2D eigenvalue weighted by Crippen LogP contribution is -2.54. The van der Waals surface area contributed by atoms with Gasteiger partial charge >= 0.3 is 0 Å². The van der Waals surface area contributed by atoms with Gasteiger partial charge < -0.3 is 10.1 Å². The lowest BCUT2D eigenvalue weighted by Gasteiger charge is -2.47. The first-order valence-electron chi connectivity index (χ1n) is 8.05. The Balaban J connectivity index is 2.02. The summed E-state index contributed by atoms with van der Waals surface area (Å²) < 4.78 is 5.77. The summed E-state index contributed by atoms with van der Waals surface area (Å²) in [6.45, 7) is 11.3. The molecule has 0 spiro atoms. The summed E-state index contributed by atoms with van der Waals surface area (Å²) in [4.78, 5) is 2.67. The van der Waals surface area contributed by atoms with Crippen LogP contribution in [0, 0.1) is 11.3 Å². The third-order valence-corrected chi connectivity index (χ3v) is 5.01. The van der Waals surface area contributed by atoms with Gasteiger partial charge in [-0.05, 0) is 45.1 Å². The molecule has 1 heterocycles. The molecule has 1 aliphatic heterocycles. The molecule has 2 rings (SSSR count). The highest BCUT2D eigenvalue weighted by Gasteiger charge is 2.38. The maximum atomic E-state index is 5.77. The SMILES string of the molecule is CNCC1(CN2CC(C)OCC2C)CCCC(C)C1. The average Bonchev–Trinajstić information content (AvgIpc) is 2.34. The van der Waals surface area contributed by atoms with Crippen molar-refractivity contribution in [1.29, 1.82) is 0 Å². The molecule has 1 N–H and O–H groups in total. The number of nitrogens with zero attached hydrogens (tertiary/aromatic N) is 1. The van der Waals surface area contributed by atoms with Crippen LogP contribution in [0.3, 0.4) is 0 Å². The first-order chi connectivity index (χ1) is 9.04. The van der Waals surface area contributed by atoms with Crippen molar-refractivity contribution in [3.63, 3.8) is 0 Å². The van der Waals surface area contributed by atoms with Crippen LogP contribution in [0.25, 0.3) is 0 Å². The van der Waals surface area contributed by atoms with Gasteiger partial charge in [-0.25, -0.2) is 0 Å². The van der Waals surface area contributed by atoms with E-state index in [1.165, 1.54) is 32.2 Å². The van der Waals surface area contributed by atoms with E-state index >= 15 is 0 Å². The largest absolute Gasteiger partial charge is 0.376 e. The van der Waals surface area contributed by atoms with E-state index in [0.29, 0.717) is 17.6 Å². The second kappa shape index (κ2) is 6.55. The van der Waals surface area contributed by atoms with Crippen molar-refractivity contribution < 1.29 is 4.74 Å². The standard InChI is InChI=1S/C16H32N2O/c1-13-6-5-7-16(8-13,11-17-4)12-18-9-15(3)19-10-14(18)2/h13-15,17H,5-12H2,1-4H3. The molecular formula is C16H32N2O. The fourth-order valence-corrected chi connectivity index (χ4v) is 4.13. The van der Waals surface area contributed by atoms with Crippen molar-refractivity contribution >= 4 is 0 Å². The second-order valence-electron chi connectivity index (χ2n) is 7.15. The molecule has 2 aliphatic rings. The van der Waals surface area contributed by atoms with Crippen LogP contribution in [-0.2, 0) is 4.74 Å². The quantitative estimate of drug-likeness (QED) is 0.848. The van der Waals surface area contributed by atoms with Crippen LogP contribution < -0.4 is 5.32 Å². The molecule has 0 radical (unpaired) electrons. The molecule has 0 amide bonds. The van der Waals surface area contributed by atoms with Gasteiger partial charge in [0.25, 0.3) is 0 Å². The molecule has 19 heavy (non-hydrogen) atoms. The summed E-state index contributed by atoms with van der Waals surface area (Å²) in [5, 5.41) is 3.46. The first-order valence-corrected chi connectivity index (χ1v) is 8.05. The van der Waals surface area contributed by atoms with Crippen molar-refractivity contribution in [3.05, 3.63) is 0 Å². The van der Waals surface area contributed by atoms with Crippen molar-refractivity contribution in [1.82, 2.24) is 10.2 Å². The number of rotatable bonds is 4. The van der Waals surface area contributed by atoms with Crippen LogP contribution in [0.5, 0.6) is 0 Å². The smallest absolute Gasteiger partial charge is 0.0674 e. The number of hydrogen-bond donors (Lipinski definition) is 1. The molecule has 0 bridgehead atoms. The highest BCUT2D eigenvalue weighted by Crippen LogP contribution is 2.40. The summed E-state index contributed by atoms with van der Waals surface area (Å²) in [7, 11) is 2.10. The highest BCUT2D eigenvalue weighted by molar-refractivity contribution is 4.91. The van der Waals surface area contributed by atoms with E-state index in [-0.39, 0.29) is 0 Å². The van der Waals surface area contributed by atoms with Crippen LogP contribution in [0.4, 0.5) is 0 Å². The minimum Gasteiger partial charge on any atom is -0.376 e. The Kier molecular flexibility index (Phi) is 5.27. The van der Waals surface area contributed by atoms with Gasteiger partial charge in [0, 0.05) is 25.7 Å². The third kappa shape index (κ3) is 3.93. The summed E-state index contributed by atoms with van der Waals surface area (Å²) in [5.74, 6) is 0.885. The van der Waals surface area contributed by atoms with E-state index in [1.807, 2.05) is 0 Å². The first kappa shape index (κ1) is 15.3. The fraction of sp³-hybridized carbons (Fsp3) is 1.00. The van der Waals surface area contributed by atoms with E-state index in [2.05, 4.69) is 38.0 Å². The topological polar surface area (TPSA) is 24.5 Å². The number of nitrogens with one attached hydrogen (secondary N) is 1. The summed E-state index contributed by atoms with van der Waals surface area (Å²) in [6, 6.07) is 0.571. The van der Waals surface area contributed by atoms with Gasteiger partial charge in [-0.15, -0.1) is 0 Å². The van der Waals surface area contributed by atoms with Gasteiger partial charge in [-0.1, -0.05) is 19.8 Å². The zero-order valence-electron chi connectivity index (χ0n) is 13.2. The second-order valence-corrected chi connectivity index (χ2v) is 7.15. The molecule has 2 fully saturated rings. The summed E-state index contributed by atoms with van der Waals surface area (Å²) in [5.41, 5.74) is 0.484. The average molecular weight is 268 g/mol. The number of morpholine rings is 1. The minimum atomic E-state index is 0.392. The Hall–Kier alpha value is -0.120. The van der Waals surface area contributed by atoms with Crippen molar-refractivity contribution in [2.24, 2.45) is 11.3 Å². The zero-order valence-corrected chi connectivity index (χ0v) is 13.2. The Morgan fingerprint density at radius 1 is 1.32 bits per heavy atom. The molecule has 3 nitrogen and oxygen atoms in total. The van der Waals surface area contributed by atoms with Crippen molar-refractivity contribution in [3.8, 4) is 0 Å². The Bertz CT molecular complexity index is 280. The predicted octanol–water partition coefficient (Wildman–Crippen LogP) is 2.51. The normalized spacial score (nSPS) is 41.4. The maximum absolute atomic E-state index is 5.77. The minimum absolute atomic E-state index is 0.392. The van der Waals surface area contributed by atoms with Gasteiger partial charge in [-0.3, -0.25) is 4.90 Å². The van der Waals surface area contributed by atoms with Gasteiger partial charge in [0.1, 0.15) is 0 Å². The van der Waals surface area contributed by atoms with Crippen molar-refractivity contribution in [2.45, 2.75) is 58.6 Å². The molecule has 1 saturated heterocycles. The fourth-order valence-electron chi connectivity index (χ4n) is 4.13. The Morgan fingerprint density at radius 3 is 2.79 bits per heavy atom. The molecule has 112 valence electrons.